The van der Waals surface area contributed by atoms with E-state index in [2.05, 4.69) is 27.4 Å². The lowest BCUT2D eigenvalue weighted by atomic mass is 10.2. The van der Waals surface area contributed by atoms with Crippen LogP contribution in [-0.2, 0) is 17.8 Å². The van der Waals surface area contributed by atoms with Crippen molar-refractivity contribution in [1.29, 1.82) is 0 Å². The molecule has 126 valence electrons. The van der Waals surface area contributed by atoms with Gasteiger partial charge in [-0.3, -0.25) is 14.1 Å². The van der Waals surface area contributed by atoms with Crippen LogP contribution in [0.3, 0.4) is 0 Å². The highest BCUT2D eigenvalue weighted by Crippen LogP contribution is 2.19. The lowest BCUT2D eigenvalue weighted by molar-refractivity contribution is 0.0678. The summed E-state index contributed by atoms with van der Waals surface area (Å²) in [6, 6.07) is 5.88. The van der Waals surface area contributed by atoms with E-state index in [4.69, 9.17) is 4.74 Å². The number of aromatic nitrogens is 2. The summed E-state index contributed by atoms with van der Waals surface area (Å²) < 4.78 is 7.39. The highest BCUT2D eigenvalue weighted by atomic mass is 32.1. The Morgan fingerprint density at radius 1 is 1.33 bits per heavy atom. The normalized spacial score (nSPS) is 18.0. The van der Waals surface area contributed by atoms with Crippen LogP contribution in [0.1, 0.15) is 23.4 Å². The monoisotopic (exact) mass is 361 g/mol. The van der Waals surface area contributed by atoms with Gasteiger partial charge in [0, 0.05) is 48.8 Å². The minimum absolute atomic E-state index is 0.00978. The maximum atomic E-state index is 12.2. The first-order valence-electron chi connectivity index (χ1n) is 8.10. The Balaban J connectivity index is 1.55. The third-order valence-electron chi connectivity index (χ3n) is 4.19. The van der Waals surface area contributed by atoms with Gasteiger partial charge in [0.05, 0.1) is 11.8 Å². The largest absolute Gasteiger partial charge is 0.377 e. The van der Waals surface area contributed by atoms with Crippen LogP contribution in [-0.4, -0.2) is 33.5 Å². The molecule has 3 aromatic heterocycles. The summed E-state index contributed by atoms with van der Waals surface area (Å²) in [5.74, 6) is 0. The fourth-order valence-corrected chi connectivity index (χ4v) is 4.57. The van der Waals surface area contributed by atoms with Gasteiger partial charge < -0.3 is 4.74 Å². The molecule has 0 aliphatic carbocycles. The maximum absolute atomic E-state index is 12.2. The zero-order valence-corrected chi connectivity index (χ0v) is 14.9. The molecule has 1 saturated heterocycles. The van der Waals surface area contributed by atoms with Gasteiger partial charge in [-0.05, 0) is 24.3 Å². The molecule has 1 fully saturated rings. The summed E-state index contributed by atoms with van der Waals surface area (Å²) >= 11 is 3.25. The molecule has 1 aliphatic rings. The molecule has 0 aromatic carbocycles. The summed E-state index contributed by atoms with van der Waals surface area (Å²) in [5, 5.41) is 3.99. The van der Waals surface area contributed by atoms with Crippen molar-refractivity contribution < 1.29 is 4.74 Å². The minimum atomic E-state index is -0.00978. The Morgan fingerprint density at radius 3 is 3.08 bits per heavy atom. The van der Waals surface area contributed by atoms with Gasteiger partial charge in [-0.15, -0.1) is 22.7 Å². The van der Waals surface area contributed by atoms with Crippen molar-refractivity contribution in [3.8, 4) is 0 Å². The Hall–Kier alpha value is -1.54. The second kappa shape index (κ2) is 7.14. The zero-order chi connectivity index (χ0) is 16.4. The predicted molar refractivity (Wildman–Crippen MR) is 96.7 cm³/mol. The van der Waals surface area contributed by atoms with Crippen LogP contribution in [0.25, 0.3) is 4.96 Å². The van der Waals surface area contributed by atoms with Gasteiger partial charge >= 0.3 is 0 Å². The lowest BCUT2D eigenvalue weighted by Gasteiger charge is -2.24. The van der Waals surface area contributed by atoms with Crippen molar-refractivity contribution in [2.24, 2.45) is 0 Å². The van der Waals surface area contributed by atoms with Crippen LogP contribution in [0.4, 0.5) is 0 Å². The van der Waals surface area contributed by atoms with Gasteiger partial charge in [-0.25, -0.2) is 4.98 Å². The molecule has 0 spiro atoms. The number of hydrogen-bond donors (Lipinski definition) is 0. The van der Waals surface area contributed by atoms with E-state index in [1.54, 1.807) is 28.0 Å². The quantitative estimate of drug-likeness (QED) is 0.677. The van der Waals surface area contributed by atoms with Gasteiger partial charge in [0.2, 0.25) is 0 Å². The van der Waals surface area contributed by atoms with Crippen LogP contribution in [0, 0.1) is 0 Å². The molecule has 3 aromatic rings. The summed E-state index contributed by atoms with van der Waals surface area (Å²) in [6.07, 6.45) is 4.31. The topological polar surface area (TPSA) is 46.8 Å². The molecular formula is C17H19N3O2S2. The van der Waals surface area contributed by atoms with Gasteiger partial charge in [0.15, 0.2) is 4.96 Å². The Labute approximate surface area is 148 Å². The first kappa shape index (κ1) is 16.0. The molecule has 5 nitrogen and oxygen atoms in total. The molecule has 4 heterocycles. The highest BCUT2D eigenvalue weighted by Gasteiger charge is 2.20. The second-order valence-corrected chi connectivity index (χ2v) is 7.93. The SMILES string of the molecule is O=c1cc(CN(Cc2cccs2)C[C@@H]2CCCO2)nc2sccn12. The molecule has 0 unspecified atom stereocenters. The number of ether oxygens (including phenoxy) is 1. The smallest absolute Gasteiger partial charge is 0.258 e. The molecule has 0 N–H and O–H groups in total. The number of thiophene rings is 1. The number of hydrogen-bond acceptors (Lipinski definition) is 6. The summed E-state index contributed by atoms with van der Waals surface area (Å²) in [7, 11) is 0. The number of fused-ring (bicyclic) bond motifs is 1. The highest BCUT2D eigenvalue weighted by molar-refractivity contribution is 7.15. The van der Waals surface area contributed by atoms with Crippen molar-refractivity contribution in [3.05, 3.63) is 56.1 Å². The fraction of sp³-hybridized carbons (Fsp3) is 0.412. The van der Waals surface area contributed by atoms with E-state index < -0.39 is 0 Å². The predicted octanol–water partition coefficient (Wildman–Crippen LogP) is 3.00. The standard InChI is InChI=1S/C17H19N3O2S2/c21-16-9-13(18-17-20(16)5-8-24-17)10-19(11-14-3-1-6-22-14)12-15-4-2-7-23-15/h2,4-5,7-9,14H,1,3,6,10-12H2/t14-/m0/s1. The molecule has 0 bridgehead atoms. The van der Waals surface area contributed by atoms with Crippen molar-refractivity contribution in [1.82, 2.24) is 14.3 Å². The molecule has 0 saturated carbocycles. The summed E-state index contributed by atoms with van der Waals surface area (Å²) in [6.45, 7) is 3.27. The van der Waals surface area contributed by atoms with Crippen LogP contribution in [0.5, 0.6) is 0 Å². The van der Waals surface area contributed by atoms with Crippen molar-refractivity contribution >= 4 is 27.6 Å². The van der Waals surface area contributed by atoms with E-state index >= 15 is 0 Å². The van der Waals surface area contributed by atoms with Gasteiger partial charge in [0.1, 0.15) is 0 Å². The van der Waals surface area contributed by atoms with Crippen LogP contribution < -0.4 is 5.56 Å². The minimum Gasteiger partial charge on any atom is -0.377 e. The molecule has 4 rings (SSSR count). The zero-order valence-electron chi connectivity index (χ0n) is 13.3. The third-order valence-corrected chi connectivity index (χ3v) is 5.80. The van der Waals surface area contributed by atoms with E-state index in [9.17, 15) is 4.79 Å². The number of thiazole rings is 1. The average molecular weight is 361 g/mol. The van der Waals surface area contributed by atoms with Gasteiger partial charge in [0.25, 0.3) is 5.56 Å². The van der Waals surface area contributed by atoms with Crippen molar-refractivity contribution in [3.63, 3.8) is 0 Å². The molecule has 1 aliphatic heterocycles. The average Bonchev–Trinajstić information content (AvgIpc) is 3.28. The van der Waals surface area contributed by atoms with Gasteiger partial charge in [-0.1, -0.05) is 6.07 Å². The van der Waals surface area contributed by atoms with Crippen LogP contribution in [0.2, 0.25) is 0 Å². The van der Waals surface area contributed by atoms with Crippen LogP contribution in [0.15, 0.2) is 40.0 Å². The first-order chi connectivity index (χ1) is 11.8. The second-order valence-electron chi connectivity index (χ2n) is 6.03. The Morgan fingerprint density at radius 2 is 2.29 bits per heavy atom. The third kappa shape index (κ3) is 3.59. The maximum Gasteiger partial charge on any atom is 0.258 e. The van der Waals surface area contributed by atoms with E-state index in [1.807, 2.05) is 5.38 Å². The van der Waals surface area contributed by atoms with Crippen molar-refractivity contribution in [2.75, 3.05) is 13.2 Å². The lowest BCUT2D eigenvalue weighted by Crippen LogP contribution is -2.32. The Kier molecular flexibility index (Phi) is 4.75. The summed E-state index contributed by atoms with van der Waals surface area (Å²) in [5.41, 5.74) is 0.821. The number of nitrogens with zero attached hydrogens (tertiary/aromatic N) is 3. The van der Waals surface area contributed by atoms with Crippen LogP contribution >= 0.6 is 22.7 Å². The summed E-state index contributed by atoms with van der Waals surface area (Å²) in [4.78, 5) is 21.3. The fourth-order valence-electron chi connectivity index (χ4n) is 3.08. The van der Waals surface area contributed by atoms with E-state index in [0.29, 0.717) is 6.54 Å². The molecule has 0 amide bonds. The molecule has 7 heteroatoms. The molecular weight excluding hydrogens is 342 g/mol. The molecule has 24 heavy (non-hydrogen) atoms. The molecule has 0 radical (unpaired) electrons. The van der Waals surface area contributed by atoms with Crippen molar-refractivity contribution in [2.45, 2.75) is 32.0 Å². The number of rotatable bonds is 6. The first-order valence-corrected chi connectivity index (χ1v) is 9.86. The van der Waals surface area contributed by atoms with E-state index in [0.717, 1.165) is 43.2 Å². The Bertz CT molecular complexity index is 850. The van der Waals surface area contributed by atoms with Gasteiger partial charge in [-0.2, -0.15) is 0 Å². The molecule has 1 atom stereocenters. The van der Waals surface area contributed by atoms with E-state index in [-0.39, 0.29) is 11.7 Å². The van der Waals surface area contributed by atoms with E-state index in [1.165, 1.54) is 16.2 Å².